The number of hydrogen-bond donors (Lipinski definition) is 3. The van der Waals surface area contributed by atoms with Crippen LogP contribution in [0.25, 0.3) is 0 Å². The van der Waals surface area contributed by atoms with Crippen LogP contribution in [0.4, 0.5) is 5.82 Å². The van der Waals surface area contributed by atoms with E-state index in [0.717, 1.165) is 18.9 Å². The lowest BCUT2D eigenvalue weighted by Crippen LogP contribution is -2.45. The summed E-state index contributed by atoms with van der Waals surface area (Å²) in [7, 11) is 0. The van der Waals surface area contributed by atoms with Crippen molar-refractivity contribution in [2.24, 2.45) is 11.7 Å². The second kappa shape index (κ2) is 5.49. The Bertz CT molecular complexity index is 410. The zero-order valence-electron chi connectivity index (χ0n) is 10.9. The van der Waals surface area contributed by atoms with E-state index in [1.54, 1.807) is 12.3 Å². The SMILES string of the molecule is CC(C)C[C@H](N)C(=O)Nc1ccnn1C1CNC1. The van der Waals surface area contributed by atoms with Crippen LogP contribution in [0.2, 0.25) is 0 Å². The molecule has 1 aromatic heterocycles. The standard InChI is InChI=1S/C12H21N5O/c1-8(2)5-10(13)12(18)16-11-3-4-15-17(11)9-6-14-7-9/h3-4,8-10,14H,5-7,13H2,1-2H3,(H,16,18)/t10-/m0/s1. The normalized spacial score (nSPS) is 17.6. The summed E-state index contributed by atoms with van der Waals surface area (Å²) in [5, 5.41) is 10.3. The van der Waals surface area contributed by atoms with Crippen LogP contribution in [0, 0.1) is 5.92 Å². The van der Waals surface area contributed by atoms with Gasteiger partial charge in [-0.1, -0.05) is 13.8 Å². The Hall–Kier alpha value is -1.40. The van der Waals surface area contributed by atoms with Crippen molar-refractivity contribution in [3.63, 3.8) is 0 Å². The zero-order chi connectivity index (χ0) is 13.1. The number of hydrogen-bond acceptors (Lipinski definition) is 4. The largest absolute Gasteiger partial charge is 0.320 e. The molecule has 1 aromatic rings. The molecule has 2 rings (SSSR count). The van der Waals surface area contributed by atoms with Gasteiger partial charge in [0.25, 0.3) is 0 Å². The smallest absolute Gasteiger partial charge is 0.242 e. The Balaban J connectivity index is 1.96. The molecule has 1 fully saturated rings. The second-order valence-corrected chi connectivity index (χ2v) is 5.20. The van der Waals surface area contributed by atoms with Crippen molar-refractivity contribution in [3.8, 4) is 0 Å². The lowest BCUT2D eigenvalue weighted by atomic mass is 10.0. The number of aromatic nitrogens is 2. The van der Waals surface area contributed by atoms with Gasteiger partial charge in [-0.15, -0.1) is 0 Å². The number of carbonyl (C=O) groups excluding carboxylic acids is 1. The maximum absolute atomic E-state index is 11.9. The topological polar surface area (TPSA) is 85.0 Å². The first-order chi connectivity index (χ1) is 8.58. The minimum Gasteiger partial charge on any atom is -0.320 e. The Kier molecular flexibility index (Phi) is 3.98. The molecule has 0 radical (unpaired) electrons. The van der Waals surface area contributed by atoms with Gasteiger partial charge in [-0.3, -0.25) is 4.79 Å². The van der Waals surface area contributed by atoms with Gasteiger partial charge in [-0.2, -0.15) is 5.10 Å². The molecule has 1 aliphatic rings. The Labute approximate surface area is 107 Å². The van der Waals surface area contributed by atoms with Crippen LogP contribution in [0.1, 0.15) is 26.3 Å². The van der Waals surface area contributed by atoms with Gasteiger partial charge in [0.1, 0.15) is 5.82 Å². The molecule has 18 heavy (non-hydrogen) atoms. The Morgan fingerprint density at radius 2 is 2.39 bits per heavy atom. The summed E-state index contributed by atoms with van der Waals surface area (Å²) in [5.74, 6) is 0.995. The minimum absolute atomic E-state index is 0.141. The predicted molar refractivity (Wildman–Crippen MR) is 70.2 cm³/mol. The van der Waals surface area contributed by atoms with Crippen LogP contribution >= 0.6 is 0 Å². The number of nitrogens with two attached hydrogens (primary N) is 1. The van der Waals surface area contributed by atoms with Crippen LogP contribution in [0.5, 0.6) is 0 Å². The molecule has 6 heteroatoms. The van der Waals surface area contributed by atoms with Crippen LogP contribution < -0.4 is 16.4 Å². The molecule has 1 aliphatic heterocycles. The predicted octanol–water partition coefficient (Wildman–Crippen LogP) is 0.339. The van der Waals surface area contributed by atoms with E-state index < -0.39 is 6.04 Å². The Morgan fingerprint density at radius 3 is 2.94 bits per heavy atom. The van der Waals surface area contributed by atoms with Crippen molar-refractivity contribution in [1.29, 1.82) is 0 Å². The quantitative estimate of drug-likeness (QED) is 0.704. The molecule has 0 spiro atoms. The number of amides is 1. The van der Waals surface area contributed by atoms with Crippen molar-refractivity contribution in [2.45, 2.75) is 32.4 Å². The highest BCUT2D eigenvalue weighted by Gasteiger charge is 2.23. The van der Waals surface area contributed by atoms with Crippen LogP contribution in [-0.4, -0.2) is 34.8 Å². The molecule has 6 nitrogen and oxygen atoms in total. The first-order valence-corrected chi connectivity index (χ1v) is 6.38. The van der Waals surface area contributed by atoms with E-state index in [9.17, 15) is 4.79 Å². The van der Waals surface area contributed by atoms with Crippen LogP contribution in [-0.2, 0) is 4.79 Å². The molecule has 0 bridgehead atoms. The third-order valence-electron chi connectivity index (χ3n) is 3.09. The van der Waals surface area contributed by atoms with Gasteiger partial charge in [-0.25, -0.2) is 4.68 Å². The van der Waals surface area contributed by atoms with E-state index in [1.165, 1.54) is 0 Å². The third-order valence-corrected chi connectivity index (χ3v) is 3.09. The summed E-state index contributed by atoms with van der Waals surface area (Å²) in [5.41, 5.74) is 5.85. The monoisotopic (exact) mass is 251 g/mol. The molecular formula is C12H21N5O. The molecule has 0 unspecified atom stereocenters. The summed E-state index contributed by atoms with van der Waals surface area (Å²) in [6.45, 7) is 5.89. The zero-order valence-corrected chi connectivity index (χ0v) is 10.9. The maximum Gasteiger partial charge on any atom is 0.242 e. The highest BCUT2D eigenvalue weighted by molar-refractivity contribution is 5.93. The summed E-state index contributed by atoms with van der Waals surface area (Å²) in [6, 6.07) is 1.67. The van der Waals surface area contributed by atoms with Gasteiger partial charge >= 0.3 is 0 Å². The summed E-state index contributed by atoms with van der Waals surface area (Å²) < 4.78 is 1.84. The van der Waals surface area contributed by atoms with Gasteiger partial charge in [0, 0.05) is 19.2 Å². The highest BCUT2D eigenvalue weighted by atomic mass is 16.2. The molecule has 0 aromatic carbocycles. The highest BCUT2D eigenvalue weighted by Crippen LogP contribution is 2.17. The molecule has 1 amide bonds. The molecule has 1 saturated heterocycles. The minimum atomic E-state index is -0.465. The molecule has 1 atom stereocenters. The summed E-state index contributed by atoms with van der Waals surface area (Å²) in [6.07, 6.45) is 2.38. The second-order valence-electron chi connectivity index (χ2n) is 5.20. The van der Waals surface area contributed by atoms with Gasteiger partial charge in [0.15, 0.2) is 0 Å². The van der Waals surface area contributed by atoms with E-state index in [2.05, 4.69) is 29.6 Å². The fraction of sp³-hybridized carbons (Fsp3) is 0.667. The lowest BCUT2D eigenvalue weighted by Gasteiger charge is -2.29. The van der Waals surface area contributed by atoms with Crippen molar-refractivity contribution >= 4 is 11.7 Å². The number of anilines is 1. The number of carbonyl (C=O) groups is 1. The average molecular weight is 251 g/mol. The van der Waals surface area contributed by atoms with Gasteiger partial charge in [0.2, 0.25) is 5.91 Å². The van der Waals surface area contributed by atoms with Crippen molar-refractivity contribution in [2.75, 3.05) is 18.4 Å². The van der Waals surface area contributed by atoms with E-state index in [4.69, 9.17) is 5.73 Å². The first kappa shape index (κ1) is 13.0. The third kappa shape index (κ3) is 2.88. The molecule has 0 saturated carbocycles. The summed E-state index contributed by atoms with van der Waals surface area (Å²) >= 11 is 0. The average Bonchev–Trinajstić information content (AvgIpc) is 2.62. The van der Waals surface area contributed by atoms with Gasteiger partial charge < -0.3 is 16.4 Å². The molecule has 0 aliphatic carbocycles. The Morgan fingerprint density at radius 1 is 1.67 bits per heavy atom. The lowest BCUT2D eigenvalue weighted by molar-refractivity contribution is -0.117. The van der Waals surface area contributed by atoms with Gasteiger partial charge in [0.05, 0.1) is 18.3 Å². The van der Waals surface area contributed by atoms with Gasteiger partial charge in [-0.05, 0) is 12.3 Å². The molecular weight excluding hydrogens is 230 g/mol. The molecule has 4 N–H and O–H groups in total. The fourth-order valence-electron chi connectivity index (χ4n) is 1.98. The van der Waals surface area contributed by atoms with Crippen molar-refractivity contribution < 1.29 is 4.79 Å². The van der Waals surface area contributed by atoms with Crippen molar-refractivity contribution in [1.82, 2.24) is 15.1 Å². The van der Waals surface area contributed by atoms with E-state index >= 15 is 0 Å². The van der Waals surface area contributed by atoms with Crippen molar-refractivity contribution in [3.05, 3.63) is 12.3 Å². The first-order valence-electron chi connectivity index (χ1n) is 6.38. The molecule has 2 heterocycles. The van der Waals surface area contributed by atoms with Crippen LogP contribution in [0.3, 0.4) is 0 Å². The van der Waals surface area contributed by atoms with E-state index in [0.29, 0.717) is 18.4 Å². The fourth-order valence-corrected chi connectivity index (χ4v) is 1.98. The number of nitrogens with one attached hydrogen (secondary N) is 2. The summed E-state index contributed by atoms with van der Waals surface area (Å²) in [4.78, 5) is 11.9. The number of rotatable bonds is 5. The van der Waals surface area contributed by atoms with Crippen LogP contribution in [0.15, 0.2) is 12.3 Å². The maximum atomic E-state index is 11.9. The van der Waals surface area contributed by atoms with E-state index in [-0.39, 0.29) is 5.91 Å². The van der Waals surface area contributed by atoms with E-state index in [1.807, 2.05) is 4.68 Å². The molecule has 100 valence electrons. The number of nitrogens with zero attached hydrogens (tertiary/aromatic N) is 2.